The zero-order valence-electron chi connectivity index (χ0n) is 9.60. The second-order valence-electron chi connectivity index (χ2n) is 3.40. The van der Waals surface area contributed by atoms with Crippen LogP contribution in [-0.4, -0.2) is 34.7 Å². The number of esters is 1. The second kappa shape index (κ2) is 5.88. The molecule has 0 aliphatic rings. The highest BCUT2D eigenvalue weighted by Crippen LogP contribution is 2.10. The molecule has 94 valence electrons. The highest BCUT2D eigenvalue weighted by Gasteiger charge is 2.15. The standard InChI is InChI=1S/C10H14N2O5/c1-3-16-9(15)7-5-17-10(12-7)11-6(2)4-8(13)14/h5-6H,3-4H2,1-2H3,(H,11,12)(H,13,14). The molecule has 17 heavy (non-hydrogen) atoms. The molecule has 1 atom stereocenters. The summed E-state index contributed by atoms with van der Waals surface area (Å²) in [5, 5.41) is 11.3. The molecule has 7 nitrogen and oxygen atoms in total. The average Bonchev–Trinajstić information content (AvgIpc) is 2.65. The minimum atomic E-state index is -0.929. The zero-order chi connectivity index (χ0) is 12.8. The van der Waals surface area contributed by atoms with E-state index >= 15 is 0 Å². The van der Waals surface area contributed by atoms with E-state index in [0.717, 1.165) is 6.26 Å². The lowest BCUT2D eigenvalue weighted by Gasteiger charge is -2.07. The van der Waals surface area contributed by atoms with Crippen LogP contribution in [0.4, 0.5) is 6.01 Å². The summed E-state index contributed by atoms with van der Waals surface area (Å²) in [4.78, 5) is 25.5. The third-order valence-corrected chi connectivity index (χ3v) is 1.84. The van der Waals surface area contributed by atoms with Gasteiger partial charge in [0.2, 0.25) is 0 Å². The molecule has 1 aromatic heterocycles. The average molecular weight is 242 g/mol. The van der Waals surface area contributed by atoms with Gasteiger partial charge in [-0.05, 0) is 13.8 Å². The van der Waals surface area contributed by atoms with Crippen LogP contribution < -0.4 is 5.32 Å². The Balaban J connectivity index is 2.56. The molecule has 7 heteroatoms. The Morgan fingerprint density at radius 1 is 1.65 bits per heavy atom. The number of anilines is 1. The molecule has 0 spiro atoms. The van der Waals surface area contributed by atoms with Gasteiger partial charge in [-0.25, -0.2) is 4.79 Å². The maximum Gasteiger partial charge on any atom is 0.360 e. The number of nitrogens with zero attached hydrogens (tertiary/aromatic N) is 1. The number of rotatable bonds is 6. The molecule has 0 radical (unpaired) electrons. The first-order valence-electron chi connectivity index (χ1n) is 5.14. The minimum Gasteiger partial charge on any atom is -0.481 e. The fraction of sp³-hybridized carbons (Fsp3) is 0.500. The highest BCUT2D eigenvalue weighted by molar-refractivity contribution is 5.87. The van der Waals surface area contributed by atoms with Crippen LogP contribution in [0.25, 0.3) is 0 Å². The summed E-state index contributed by atoms with van der Waals surface area (Å²) in [6.45, 7) is 3.61. The predicted molar refractivity (Wildman–Crippen MR) is 57.8 cm³/mol. The van der Waals surface area contributed by atoms with Crippen LogP contribution in [0.2, 0.25) is 0 Å². The summed E-state index contributed by atoms with van der Waals surface area (Å²) < 4.78 is 9.70. The molecule has 0 bridgehead atoms. The maximum absolute atomic E-state index is 11.3. The van der Waals surface area contributed by atoms with Crippen LogP contribution in [0, 0.1) is 0 Å². The van der Waals surface area contributed by atoms with Gasteiger partial charge in [-0.15, -0.1) is 0 Å². The molecular weight excluding hydrogens is 228 g/mol. The van der Waals surface area contributed by atoms with Crippen molar-refractivity contribution in [1.29, 1.82) is 0 Å². The van der Waals surface area contributed by atoms with Gasteiger partial charge < -0.3 is 19.6 Å². The molecule has 0 fully saturated rings. The van der Waals surface area contributed by atoms with Gasteiger partial charge in [0.25, 0.3) is 6.01 Å². The Labute approximate surface area is 97.8 Å². The normalized spacial score (nSPS) is 11.9. The zero-order valence-corrected chi connectivity index (χ0v) is 9.60. The number of hydrogen-bond acceptors (Lipinski definition) is 6. The van der Waals surface area contributed by atoms with Crippen LogP contribution in [0.15, 0.2) is 10.7 Å². The van der Waals surface area contributed by atoms with Gasteiger partial charge in [0.1, 0.15) is 6.26 Å². The number of carboxylic acids is 1. The molecule has 0 amide bonds. The molecular formula is C10H14N2O5. The molecule has 1 heterocycles. The van der Waals surface area contributed by atoms with Crippen LogP contribution >= 0.6 is 0 Å². The van der Waals surface area contributed by atoms with Gasteiger partial charge in [-0.2, -0.15) is 4.98 Å². The van der Waals surface area contributed by atoms with Crippen molar-refractivity contribution >= 4 is 18.0 Å². The van der Waals surface area contributed by atoms with Crippen LogP contribution in [0.1, 0.15) is 30.8 Å². The van der Waals surface area contributed by atoms with Gasteiger partial charge >= 0.3 is 11.9 Å². The Kier molecular flexibility index (Phi) is 4.50. The molecule has 0 aliphatic heterocycles. The number of hydrogen-bond donors (Lipinski definition) is 2. The van der Waals surface area contributed by atoms with Crippen molar-refractivity contribution < 1.29 is 23.8 Å². The third kappa shape index (κ3) is 4.13. The van der Waals surface area contributed by atoms with E-state index in [0.29, 0.717) is 0 Å². The number of carboxylic acid groups (broad SMARTS) is 1. The van der Waals surface area contributed by atoms with Crippen LogP contribution in [-0.2, 0) is 9.53 Å². The fourth-order valence-electron chi connectivity index (χ4n) is 1.16. The van der Waals surface area contributed by atoms with Gasteiger partial charge in [0.05, 0.1) is 13.0 Å². The first-order chi connectivity index (χ1) is 8.02. The van der Waals surface area contributed by atoms with E-state index in [9.17, 15) is 9.59 Å². The largest absolute Gasteiger partial charge is 0.481 e. The number of carbonyl (C=O) groups excluding carboxylic acids is 1. The molecule has 0 saturated carbocycles. The summed E-state index contributed by atoms with van der Waals surface area (Å²) in [5.74, 6) is -1.50. The Morgan fingerprint density at radius 3 is 2.94 bits per heavy atom. The fourth-order valence-corrected chi connectivity index (χ4v) is 1.16. The predicted octanol–water partition coefficient (Wildman–Crippen LogP) is 1.13. The lowest BCUT2D eigenvalue weighted by molar-refractivity contribution is -0.137. The molecule has 0 aliphatic carbocycles. The molecule has 2 N–H and O–H groups in total. The Bertz CT molecular complexity index is 401. The van der Waals surface area contributed by atoms with Crippen molar-refractivity contribution in [2.45, 2.75) is 26.3 Å². The van der Waals surface area contributed by atoms with Crippen molar-refractivity contribution in [2.75, 3.05) is 11.9 Å². The van der Waals surface area contributed by atoms with Crippen molar-refractivity contribution in [2.24, 2.45) is 0 Å². The van der Waals surface area contributed by atoms with Crippen LogP contribution in [0.3, 0.4) is 0 Å². The summed E-state index contributed by atoms with van der Waals surface area (Å²) in [6, 6.07) is -0.247. The summed E-state index contributed by atoms with van der Waals surface area (Å²) in [7, 11) is 0. The minimum absolute atomic E-state index is 0.0527. The highest BCUT2D eigenvalue weighted by atomic mass is 16.5. The summed E-state index contributed by atoms with van der Waals surface area (Å²) in [5.41, 5.74) is 0.0527. The van der Waals surface area contributed by atoms with Crippen molar-refractivity contribution in [3.05, 3.63) is 12.0 Å². The topological polar surface area (TPSA) is 102 Å². The number of aromatic nitrogens is 1. The number of carbonyl (C=O) groups is 2. The smallest absolute Gasteiger partial charge is 0.360 e. The maximum atomic E-state index is 11.3. The Morgan fingerprint density at radius 2 is 2.35 bits per heavy atom. The van der Waals surface area contributed by atoms with Gasteiger partial charge in [0.15, 0.2) is 5.69 Å². The van der Waals surface area contributed by atoms with E-state index in [1.807, 2.05) is 0 Å². The van der Waals surface area contributed by atoms with E-state index in [2.05, 4.69) is 10.3 Å². The number of ether oxygens (including phenoxy) is 1. The van der Waals surface area contributed by atoms with Crippen molar-refractivity contribution in [3.63, 3.8) is 0 Å². The Hall–Kier alpha value is -2.05. The van der Waals surface area contributed by atoms with E-state index in [1.54, 1.807) is 13.8 Å². The molecule has 1 aromatic rings. The first kappa shape index (κ1) is 13.0. The summed E-state index contributed by atoms with van der Waals surface area (Å²) in [6.07, 6.45) is 1.09. The molecule has 1 rings (SSSR count). The number of oxazole rings is 1. The van der Waals surface area contributed by atoms with E-state index in [4.69, 9.17) is 14.3 Å². The van der Waals surface area contributed by atoms with Gasteiger partial charge in [0, 0.05) is 6.04 Å². The van der Waals surface area contributed by atoms with Crippen molar-refractivity contribution in [1.82, 2.24) is 4.98 Å². The molecule has 1 unspecified atom stereocenters. The lowest BCUT2D eigenvalue weighted by Crippen LogP contribution is -2.19. The SMILES string of the molecule is CCOC(=O)c1coc(NC(C)CC(=O)O)n1. The third-order valence-electron chi connectivity index (χ3n) is 1.84. The number of nitrogens with one attached hydrogen (secondary N) is 1. The van der Waals surface area contributed by atoms with E-state index in [1.165, 1.54) is 0 Å². The first-order valence-corrected chi connectivity index (χ1v) is 5.14. The number of aliphatic carboxylic acids is 1. The van der Waals surface area contributed by atoms with E-state index < -0.39 is 11.9 Å². The van der Waals surface area contributed by atoms with Gasteiger partial charge in [-0.1, -0.05) is 0 Å². The van der Waals surface area contributed by atoms with Crippen molar-refractivity contribution in [3.8, 4) is 0 Å². The molecule has 0 aromatic carbocycles. The quantitative estimate of drug-likeness (QED) is 0.721. The van der Waals surface area contributed by atoms with E-state index in [-0.39, 0.29) is 30.8 Å². The van der Waals surface area contributed by atoms with Gasteiger partial charge in [-0.3, -0.25) is 4.79 Å². The molecule has 0 saturated heterocycles. The lowest BCUT2D eigenvalue weighted by atomic mass is 10.2. The monoisotopic (exact) mass is 242 g/mol. The second-order valence-corrected chi connectivity index (χ2v) is 3.40. The van der Waals surface area contributed by atoms with Crippen LogP contribution in [0.5, 0.6) is 0 Å². The summed E-state index contributed by atoms with van der Waals surface area (Å²) >= 11 is 0.